The fourth-order valence-electron chi connectivity index (χ4n) is 3.09. The van der Waals surface area contributed by atoms with Crippen molar-refractivity contribution >= 4 is 40.9 Å². The maximum absolute atomic E-state index is 12.4. The number of aryl methyl sites for hydroxylation is 2. The van der Waals surface area contributed by atoms with E-state index in [1.807, 2.05) is 43.5 Å². The van der Waals surface area contributed by atoms with E-state index in [0.29, 0.717) is 28.1 Å². The first kappa shape index (κ1) is 22.8. The van der Waals surface area contributed by atoms with Gasteiger partial charge in [-0.05, 0) is 44.0 Å². The van der Waals surface area contributed by atoms with Crippen molar-refractivity contribution in [2.24, 2.45) is 0 Å². The fraction of sp³-hybridized carbons (Fsp3) is 0.273. The monoisotopic (exact) mass is 457 g/mol. The molecule has 2 aromatic carbocycles. The Balaban J connectivity index is 1.60. The Morgan fingerprint density at radius 1 is 1.06 bits per heavy atom. The van der Waals surface area contributed by atoms with Crippen LogP contribution in [0.1, 0.15) is 34.2 Å². The van der Waals surface area contributed by atoms with Gasteiger partial charge in [-0.1, -0.05) is 53.7 Å². The molecule has 0 unspecified atom stereocenters. The SMILES string of the molecule is CCn1c(CNC(=O)c2ccccc2Cl)nnc1SCC(=O)Nc1c(C)cccc1C. The first-order chi connectivity index (χ1) is 14.9. The molecule has 0 aliphatic carbocycles. The summed E-state index contributed by atoms with van der Waals surface area (Å²) in [5, 5.41) is 15.2. The van der Waals surface area contributed by atoms with Gasteiger partial charge < -0.3 is 15.2 Å². The third-order valence-electron chi connectivity index (χ3n) is 4.71. The number of hydrogen-bond acceptors (Lipinski definition) is 5. The van der Waals surface area contributed by atoms with Crippen LogP contribution in [0.25, 0.3) is 0 Å². The lowest BCUT2D eigenvalue weighted by molar-refractivity contribution is -0.113. The van der Waals surface area contributed by atoms with Gasteiger partial charge in [0.25, 0.3) is 5.91 Å². The van der Waals surface area contributed by atoms with Gasteiger partial charge in [0.15, 0.2) is 11.0 Å². The normalized spacial score (nSPS) is 10.7. The van der Waals surface area contributed by atoms with Crippen molar-refractivity contribution in [3.05, 3.63) is 70.0 Å². The minimum Gasteiger partial charge on any atom is -0.345 e. The molecule has 3 aromatic rings. The summed E-state index contributed by atoms with van der Waals surface area (Å²) in [4.78, 5) is 24.8. The second-order valence-corrected chi connectivity index (χ2v) is 8.26. The van der Waals surface area contributed by atoms with Gasteiger partial charge in [0.05, 0.1) is 22.9 Å². The first-order valence-electron chi connectivity index (χ1n) is 9.84. The molecule has 0 atom stereocenters. The van der Waals surface area contributed by atoms with E-state index < -0.39 is 0 Å². The van der Waals surface area contributed by atoms with Crippen LogP contribution in [0.3, 0.4) is 0 Å². The Morgan fingerprint density at radius 3 is 2.45 bits per heavy atom. The van der Waals surface area contributed by atoms with E-state index >= 15 is 0 Å². The van der Waals surface area contributed by atoms with Crippen LogP contribution in [0.5, 0.6) is 0 Å². The number of anilines is 1. The molecule has 1 aromatic heterocycles. The number of thioether (sulfide) groups is 1. The Morgan fingerprint density at radius 2 is 1.77 bits per heavy atom. The summed E-state index contributed by atoms with van der Waals surface area (Å²) in [5.74, 6) is 0.429. The predicted octanol–water partition coefficient (Wildman–Crippen LogP) is 4.23. The van der Waals surface area contributed by atoms with Crippen molar-refractivity contribution in [3.8, 4) is 0 Å². The van der Waals surface area contributed by atoms with Gasteiger partial charge in [0.2, 0.25) is 5.91 Å². The lowest BCUT2D eigenvalue weighted by Gasteiger charge is -2.11. The zero-order valence-corrected chi connectivity index (χ0v) is 19.2. The topological polar surface area (TPSA) is 88.9 Å². The maximum atomic E-state index is 12.4. The standard InChI is InChI=1S/C22H24ClN5O2S/c1-4-28-18(12-24-21(30)16-10-5-6-11-17(16)23)26-27-22(28)31-13-19(29)25-20-14(2)8-7-9-15(20)3/h5-11H,4,12-13H2,1-3H3,(H,24,30)(H,25,29). The first-order valence-corrected chi connectivity index (χ1v) is 11.2. The summed E-state index contributed by atoms with van der Waals surface area (Å²) in [6.07, 6.45) is 0. The van der Waals surface area contributed by atoms with Crippen LogP contribution < -0.4 is 10.6 Å². The largest absolute Gasteiger partial charge is 0.345 e. The fourth-order valence-corrected chi connectivity index (χ4v) is 4.13. The van der Waals surface area contributed by atoms with Crippen molar-refractivity contribution in [1.29, 1.82) is 0 Å². The number of rotatable bonds is 8. The lowest BCUT2D eigenvalue weighted by atomic mass is 10.1. The molecule has 3 rings (SSSR count). The zero-order chi connectivity index (χ0) is 22.4. The van der Waals surface area contributed by atoms with Gasteiger partial charge in [-0.3, -0.25) is 9.59 Å². The minimum absolute atomic E-state index is 0.110. The quantitative estimate of drug-likeness (QED) is 0.494. The predicted molar refractivity (Wildman–Crippen MR) is 124 cm³/mol. The molecule has 0 aliphatic rings. The summed E-state index contributed by atoms with van der Waals surface area (Å²) >= 11 is 7.38. The van der Waals surface area contributed by atoms with Crippen LogP contribution in [-0.2, 0) is 17.9 Å². The van der Waals surface area contributed by atoms with Gasteiger partial charge >= 0.3 is 0 Å². The summed E-state index contributed by atoms with van der Waals surface area (Å²) in [6.45, 7) is 6.72. The number of hydrogen-bond donors (Lipinski definition) is 2. The molecule has 0 spiro atoms. The van der Waals surface area contributed by atoms with Gasteiger partial charge in [-0.25, -0.2) is 0 Å². The highest BCUT2D eigenvalue weighted by Crippen LogP contribution is 2.22. The summed E-state index contributed by atoms with van der Waals surface area (Å²) in [5.41, 5.74) is 3.29. The van der Waals surface area contributed by atoms with E-state index in [2.05, 4.69) is 20.8 Å². The molecule has 1 heterocycles. The van der Waals surface area contributed by atoms with E-state index in [4.69, 9.17) is 11.6 Å². The molecule has 2 amide bonds. The number of amides is 2. The zero-order valence-electron chi connectivity index (χ0n) is 17.6. The molecule has 0 saturated heterocycles. The number of nitrogens with one attached hydrogen (secondary N) is 2. The van der Waals surface area contributed by atoms with Crippen LogP contribution in [0, 0.1) is 13.8 Å². The summed E-state index contributed by atoms with van der Waals surface area (Å²) in [6, 6.07) is 12.8. The molecule has 9 heteroatoms. The van der Waals surface area contributed by atoms with Gasteiger partial charge in [-0.15, -0.1) is 10.2 Å². The molecule has 0 bridgehead atoms. The minimum atomic E-state index is -0.279. The van der Waals surface area contributed by atoms with E-state index in [0.717, 1.165) is 16.8 Å². The molecule has 31 heavy (non-hydrogen) atoms. The van der Waals surface area contributed by atoms with Gasteiger partial charge in [0.1, 0.15) is 0 Å². The molecule has 0 aliphatic heterocycles. The number of aromatic nitrogens is 3. The second-order valence-electron chi connectivity index (χ2n) is 6.91. The highest BCUT2D eigenvalue weighted by atomic mass is 35.5. The molecular formula is C22H24ClN5O2S. The van der Waals surface area contributed by atoms with Crippen LogP contribution in [0.2, 0.25) is 5.02 Å². The van der Waals surface area contributed by atoms with Crippen molar-refractivity contribution in [3.63, 3.8) is 0 Å². The third-order valence-corrected chi connectivity index (χ3v) is 6.01. The van der Waals surface area contributed by atoms with Crippen molar-refractivity contribution in [2.45, 2.75) is 39.0 Å². The molecule has 0 radical (unpaired) electrons. The smallest absolute Gasteiger partial charge is 0.253 e. The average Bonchev–Trinajstić information content (AvgIpc) is 3.15. The summed E-state index contributed by atoms with van der Waals surface area (Å²) in [7, 11) is 0. The number of nitrogens with zero attached hydrogens (tertiary/aromatic N) is 3. The van der Waals surface area contributed by atoms with E-state index in [-0.39, 0.29) is 24.1 Å². The van der Waals surface area contributed by atoms with Crippen LogP contribution in [0.4, 0.5) is 5.69 Å². The van der Waals surface area contributed by atoms with Crippen molar-refractivity contribution in [1.82, 2.24) is 20.1 Å². The highest BCUT2D eigenvalue weighted by molar-refractivity contribution is 7.99. The van der Waals surface area contributed by atoms with Gasteiger partial charge in [-0.2, -0.15) is 0 Å². The molecule has 0 saturated carbocycles. The maximum Gasteiger partial charge on any atom is 0.253 e. The number of para-hydroxylation sites is 1. The Labute approximate surface area is 190 Å². The van der Waals surface area contributed by atoms with Crippen LogP contribution >= 0.6 is 23.4 Å². The average molecular weight is 458 g/mol. The van der Waals surface area contributed by atoms with E-state index in [1.165, 1.54) is 11.8 Å². The Bertz CT molecular complexity index is 1080. The van der Waals surface area contributed by atoms with E-state index in [1.54, 1.807) is 24.3 Å². The number of benzene rings is 2. The Kier molecular flexibility index (Phi) is 7.70. The summed E-state index contributed by atoms with van der Waals surface area (Å²) < 4.78 is 1.88. The van der Waals surface area contributed by atoms with Crippen LogP contribution in [-0.4, -0.2) is 32.3 Å². The van der Waals surface area contributed by atoms with Gasteiger partial charge in [0, 0.05) is 12.2 Å². The Hall–Kier alpha value is -2.84. The molecule has 2 N–H and O–H groups in total. The number of halogens is 1. The van der Waals surface area contributed by atoms with Crippen molar-refractivity contribution < 1.29 is 9.59 Å². The number of carbonyl (C=O) groups is 2. The third kappa shape index (κ3) is 5.65. The van der Waals surface area contributed by atoms with E-state index in [9.17, 15) is 9.59 Å². The highest BCUT2D eigenvalue weighted by Gasteiger charge is 2.16. The molecule has 7 nitrogen and oxygen atoms in total. The van der Waals surface area contributed by atoms with Crippen molar-refractivity contribution in [2.75, 3.05) is 11.1 Å². The lowest BCUT2D eigenvalue weighted by Crippen LogP contribution is -2.25. The second kappa shape index (κ2) is 10.5. The van der Waals surface area contributed by atoms with Crippen LogP contribution in [0.15, 0.2) is 47.6 Å². The molecule has 162 valence electrons. The molecular weight excluding hydrogens is 434 g/mol. The number of carbonyl (C=O) groups excluding carboxylic acids is 2. The molecule has 0 fully saturated rings.